The van der Waals surface area contributed by atoms with Crippen molar-refractivity contribution in [3.63, 3.8) is 0 Å². The van der Waals surface area contributed by atoms with Crippen LogP contribution in [0.3, 0.4) is 0 Å². The normalized spacial score (nSPS) is 10.2. The minimum atomic E-state index is -0.435. The van der Waals surface area contributed by atoms with Crippen LogP contribution in [0.5, 0.6) is 0 Å². The van der Waals surface area contributed by atoms with Crippen molar-refractivity contribution in [2.24, 2.45) is 0 Å². The van der Waals surface area contributed by atoms with E-state index in [0.29, 0.717) is 6.61 Å². The lowest BCUT2D eigenvalue weighted by Gasteiger charge is -2.12. The fourth-order valence-electron chi connectivity index (χ4n) is 0.650. The van der Waals surface area contributed by atoms with Gasteiger partial charge in [-0.2, -0.15) is 0 Å². The number of hydrogen-bond donors (Lipinski definition) is 0. The number of ether oxygens (including phenoxy) is 1. The third-order valence-corrected chi connectivity index (χ3v) is 1.17. The highest BCUT2D eigenvalue weighted by Crippen LogP contribution is 1.85. The third kappa shape index (κ3) is 5.79. The second kappa shape index (κ2) is 6.09. The molecular formula is C7H14FNO2. The molecule has 0 heterocycles. The second-order valence-corrected chi connectivity index (χ2v) is 2.23. The van der Waals surface area contributed by atoms with Crippen LogP contribution in [0.4, 0.5) is 4.39 Å². The van der Waals surface area contributed by atoms with E-state index in [1.807, 2.05) is 0 Å². The molecule has 0 saturated heterocycles. The molecule has 11 heavy (non-hydrogen) atoms. The molecule has 66 valence electrons. The summed E-state index contributed by atoms with van der Waals surface area (Å²) in [5, 5.41) is 0. The molecule has 0 aliphatic rings. The number of likely N-dealkylation sites (N-methyl/N-ethyl adjacent to an activating group) is 1. The minimum Gasteiger partial charge on any atom is -0.465 e. The summed E-state index contributed by atoms with van der Waals surface area (Å²) in [4.78, 5) is 12.3. The lowest BCUT2D eigenvalue weighted by atomic mass is 10.5. The van der Waals surface area contributed by atoms with Crippen LogP contribution in [0, 0.1) is 0 Å². The fraction of sp³-hybridized carbons (Fsp3) is 0.857. The van der Waals surface area contributed by atoms with Gasteiger partial charge in [0.2, 0.25) is 0 Å². The molecule has 0 aliphatic heterocycles. The molecule has 0 fully saturated rings. The number of nitrogens with zero attached hydrogens (tertiary/aromatic N) is 1. The van der Waals surface area contributed by atoms with Crippen LogP contribution in [-0.4, -0.2) is 44.3 Å². The van der Waals surface area contributed by atoms with Gasteiger partial charge in [-0.05, 0) is 14.0 Å². The maximum Gasteiger partial charge on any atom is 0.320 e. The minimum absolute atomic E-state index is 0.164. The van der Waals surface area contributed by atoms with Gasteiger partial charge < -0.3 is 4.74 Å². The third-order valence-electron chi connectivity index (χ3n) is 1.17. The zero-order chi connectivity index (χ0) is 8.69. The van der Waals surface area contributed by atoms with Crippen LogP contribution in [0.1, 0.15) is 6.92 Å². The maximum atomic E-state index is 11.7. The number of hydrogen-bond acceptors (Lipinski definition) is 3. The fourth-order valence-corrected chi connectivity index (χ4v) is 0.650. The van der Waals surface area contributed by atoms with E-state index in [-0.39, 0.29) is 19.1 Å². The molecule has 0 bridgehead atoms. The number of esters is 1. The number of halogens is 1. The smallest absolute Gasteiger partial charge is 0.320 e. The molecule has 4 heteroatoms. The number of alkyl halides is 1. The van der Waals surface area contributed by atoms with Crippen molar-refractivity contribution in [3.05, 3.63) is 0 Å². The van der Waals surface area contributed by atoms with Crippen molar-refractivity contribution in [2.45, 2.75) is 6.92 Å². The largest absolute Gasteiger partial charge is 0.465 e. The van der Waals surface area contributed by atoms with Gasteiger partial charge in [0.15, 0.2) is 0 Å². The first-order valence-electron chi connectivity index (χ1n) is 3.60. The zero-order valence-corrected chi connectivity index (χ0v) is 6.97. The number of rotatable bonds is 5. The Kier molecular flexibility index (Phi) is 5.74. The first kappa shape index (κ1) is 10.4. The predicted molar refractivity (Wildman–Crippen MR) is 40.1 cm³/mol. The molecule has 0 saturated carbocycles. The van der Waals surface area contributed by atoms with E-state index >= 15 is 0 Å². The van der Waals surface area contributed by atoms with E-state index in [0.717, 1.165) is 0 Å². The Morgan fingerprint density at radius 2 is 2.27 bits per heavy atom. The van der Waals surface area contributed by atoms with E-state index in [9.17, 15) is 9.18 Å². The number of carbonyl (C=O) groups is 1. The Hall–Kier alpha value is -0.640. The van der Waals surface area contributed by atoms with Gasteiger partial charge in [0.05, 0.1) is 13.2 Å². The Bertz CT molecular complexity index is 119. The Morgan fingerprint density at radius 3 is 2.73 bits per heavy atom. The molecule has 3 nitrogen and oxygen atoms in total. The highest BCUT2D eigenvalue weighted by atomic mass is 19.1. The van der Waals surface area contributed by atoms with Crippen LogP contribution < -0.4 is 0 Å². The summed E-state index contributed by atoms with van der Waals surface area (Å²) >= 11 is 0. The van der Waals surface area contributed by atoms with Gasteiger partial charge in [0, 0.05) is 6.54 Å². The Labute approximate surface area is 66.1 Å². The molecule has 0 aromatic rings. The first-order chi connectivity index (χ1) is 5.20. The van der Waals surface area contributed by atoms with Crippen molar-refractivity contribution >= 4 is 5.97 Å². The van der Waals surface area contributed by atoms with Crippen LogP contribution in [0.15, 0.2) is 0 Å². The predicted octanol–water partition coefficient (Wildman–Crippen LogP) is 0.451. The topological polar surface area (TPSA) is 29.5 Å². The molecule has 0 aromatic heterocycles. The van der Waals surface area contributed by atoms with Gasteiger partial charge >= 0.3 is 5.97 Å². The summed E-state index contributed by atoms with van der Waals surface area (Å²) in [6.45, 7) is 2.13. The lowest BCUT2D eigenvalue weighted by Crippen LogP contribution is -2.29. The SMILES string of the molecule is CCOC(=O)CN(C)CCF. The lowest BCUT2D eigenvalue weighted by molar-refractivity contribution is -0.144. The van der Waals surface area contributed by atoms with E-state index in [1.54, 1.807) is 18.9 Å². The van der Waals surface area contributed by atoms with E-state index in [4.69, 9.17) is 0 Å². The van der Waals surface area contributed by atoms with Gasteiger partial charge in [-0.3, -0.25) is 9.69 Å². The second-order valence-electron chi connectivity index (χ2n) is 2.23. The van der Waals surface area contributed by atoms with Crippen molar-refractivity contribution < 1.29 is 13.9 Å². The molecule has 0 aliphatic carbocycles. The van der Waals surface area contributed by atoms with Crippen molar-refractivity contribution in [2.75, 3.05) is 33.4 Å². The molecule has 0 rings (SSSR count). The van der Waals surface area contributed by atoms with Crippen LogP contribution >= 0.6 is 0 Å². The van der Waals surface area contributed by atoms with Gasteiger partial charge in [-0.15, -0.1) is 0 Å². The van der Waals surface area contributed by atoms with Crippen molar-refractivity contribution in [1.82, 2.24) is 4.90 Å². The molecule has 0 aromatic carbocycles. The molecule has 0 atom stereocenters. The molecule has 0 unspecified atom stereocenters. The maximum absolute atomic E-state index is 11.7. The average molecular weight is 163 g/mol. The van der Waals surface area contributed by atoms with Crippen LogP contribution in [0.2, 0.25) is 0 Å². The quantitative estimate of drug-likeness (QED) is 0.551. The van der Waals surface area contributed by atoms with E-state index in [1.165, 1.54) is 0 Å². The van der Waals surface area contributed by atoms with Crippen LogP contribution in [-0.2, 0) is 9.53 Å². The summed E-state index contributed by atoms with van der Waals surface area (Å²) < 4.78 is 16.3. The molecular weight excluding hydrogens is 149 g/mol. The Balaban J connectivity index is 3.40. The van der Waals surface area contributed by atoms with Crippen molar-refractivity contribution in [3.8, 4) is 0 Å². The van der Waals surface area contributed by atoms with Gasteiger partial charge in [-0.1, -0.05) is 0 Å². The standard InChI is InChI=1S/C7H14FNO2/c1-3-11-7(10)6-9(2)5-4-8/h3-6H2,1-2H3. The van der Waals surface area contributed by atoms with Crippen LogP contribution in [0.25, 0.3) is 0 Å². The summed E-state index contributed by atoms with van der Waals surface area (Å²) in [6, 6.07) is 0. The molecule has 0 spiro atoms. The zero-order valence-electron chi connectivity index (χ0n) is 6.97. The molecule has 0 N–H and O–H groups in total. The number of carbonyl (C=O) groups excluding carboxylic acids is 1. The first-order valence-corrected chi connectivity index (χ1v) is 3.60. The summed E-state index contributed by atoms with van der Waals surface area (Å²) in [5.74, 6) is -0.302. The highest BCUT2D eigenvalue weighted by Gasteiger charge is 2.05. The van der Waals surface area contributed by atoms with Crippen molar-refractivity contribution in [1.29, 1.82) is 0 Å². The average Bonchev–Trinajstić information content (AvgIpc) is 1.87. The molecule has 0 amide bonds. The monoisotopic (exact) mass is 163 g/mol. The summed E-state index contributed by atoms with van der Waals surface area (Å²) in [6.07, 6.45) is 0. The highest BCUT2D eigenvalue weighted by molar-refractivity contribution is 5.71. The molecule has 0 radical (unpaired) electrons. The summed E-state index contributed by atoms with van der Waals surface area (Å²) in [7, 11) is 1.68. The summed E-state index contributed by atoms with van der Waals surface area (Å²) in [5.41, 5.74) is 0. The van der Waals surface area contributed by atoms with E-state index < -0.39 is 6.67 Å². The van der Waals surface area contributed by atoms with Gasteiger partial charge in [0.1, 0.15) is 6.67 Å². The van der Waals surface area contributed by atoms with Gasteiger partial charge in [0.25, 0.3) is 0 Å². The van der Waals surface area contributed by atoms with E-state index in [2.05, 4.69) is 4.74 Å². The Morgan fingerprint density at radius 1 is 1.64 bits per heavy atom. The van der Waals surface area contributed by atoms with Gasteiger partial charge in [-0.25, -0.2) is 4.39 Å².